The lowest BCUT2D eigenvalue weighted by Crippen LogP contribution is -2.02. The normalized spacial score (nSPS) is 22.7. The van der Waals surface area contributed by atoms with Gasteiger partial charge in [-0.05, 0) is 60.3 Å². The monoisotopic (exact) mass is 266 g/mol. The average Bonchev–Trinajstić information content (AvgIpc) is 2.95. The Morgan fingerprint density at radius 1 is 1.16 bits per heavy atom. The van der Waals surface area contributed by atoms with Crippen LogP contribution in [0.5, 0.6) is 0 Å². The second-order valence-electron chi connectivity index (χ2n) is 6.05. The number of hydrogen-bond acceptors (Lipinski definition) is 2. The highest BCUT2D eigenvalue weighted by molar-refractivity contribution is 5.05. The van der Waals surface area contributed by atoms with Gasteiger partial charge in [-0.2, -0.15) is 0 Å². The molecule has 1 atom stereocenters. The number of ether oxygens (including phenoxy) is 2. The van der Waals surface area contributed by atoms with Gasteiger partial charge in [0.2, 0.25) is 0 Å². The zero-order valence-electron chi connectivity index (χ0n) is 13.3. The van der Waals surface area contributed by atoms with E-state index in [0.29, 0.717) is 6.10 Å². The molecule has 0 radical (unpaired) electrons. The van der Waals surface area contributed by atoms with Crippen LogP contribution in [0, 0.1) is 0 Å². The first-order valence-corrected chi connectivity index (χ1v) is 7.52. The second kappa shape index (κ2) is 7.86. The minimum Gasteiger partial charge on any atom is -0.378 e. The SMILES string of the molecule is CCOCC=C(C)CCC=C(C)CCC1OC1(C)C. The standard InChI is InChI=1S/C17H30O2/c1-6-18-13-12-15(3)9-7-8-14(2)10-11-16-17(4,5)19-16/h8,12,16H,6-7,9-11,13H2,1-5H3. The molecule has 1 heterocycles. The van der Waals surface area contributed by atoms with Gasteiger partial charge in [-0.25, -0.2) is 0 Å². The predicted octanol–water partition coefficient (Wildman–Crippen LogP) is 4.65. The highest BCUT2D eigenvalue weighted by Gasteiger charge is 2.46. The van der Waals surface area contributed by atoms with Crippen LogP contribution in [-0.2, 0) is 9.47 Å². The lowest BCUT2D eigenvalue weighted by molar-refractivity contribution is 0.177. The highest BCUT2D eigenvalue weighted by Crippen LogP contribution is 2.38. The van der Waals surface area contributed by atoms with Gasteiger partial charge in [0.1, 0.15) is 0 Å². The molecular weight excluding hydrogens is 236 g/mol. The van der Waals surface area contributed by atoms with E-state index in [0.717, 1.165) is 38.9 Å². The van der Waals surface area contributed by atoms with Gasteiger partial charge in [0, 0.05) is 6.61 Å². The largest absolute Gasteiger partial charge is 0.378 e. The van der Waals surface area contributed by atoms with E-state index in [-0.39, 0.29) is 5.60 Å². The third-order valence-electron chi connectivity index (χ3n) is 3.75. The van der Waals surface area contributed by atoms with Gasteiger partial charge < -0.3 is 9.47 Å². The summed E-state index contributed by atoms with van der Waals surface area (Å²) >= 11 is 0. The van der Waals surface area contributed by atoms with Crippen LogP contribution in [0.3, 0.4) is 0 Å². The zero-order valence-corrected chi connectivity index (χ0v) is 13.3. The van der Waals surface area contributed by atoms with Crippen molar-refractivity contribution in [3.05, 3.63) is 23.3 Å². The number of rotatable bonds is 9. The van der Waals surface area contributed by atoms with Crippen molar-refractivity contribution in [2.75, 3.05) is 13.2 Å². The van der Waals surface area contributed by atoms with E-state index >= 15 is 0 Å². The van der Waals surface area contributed by atoms with Crippen molar-refractivity contribution in [2.45, 2.75) is 72.0 Å². The molecule has 1 fully saturated rings. The molecule has 0 bridgehead atoms. The smallest absolute Gasteiger partial charge is 0.0892 e. The molecule has 0 aliphatic carbocycles. The van der Waals surface area contributed by atoms with Gasteiger partial charge in [-0.1, -0.05) is 23.3 Å². The van der Waals surface area contributed by atoms with Crippen LogP contribution in [0.25, 0.3) is 0 Å². The van der Waals surface area contributed by atoms with Gasteiger partial charge in [-0.15, -0.1) is 0 Å². The average molecular weight is 266 g/mol. The van der Waals surface area contributed by atoms with Crippen molar-refractivity contribution in [1.29, 1.82) is 0 Å². The third-order valence-corrected chi connectivity index (χ3v) is 3.75. The molecule has 0 aromatic heterocycles. The molecule has 1 aliphatic heterocycles. The summed E-state index contributed by atoms with van der Waals surface area (Å²) in [5, 5.41) is 0. The molecule has 19 heavy (non-hydrogen) atoms. The summed E-state index contributed by atoms with van der Waals surface area (Å²) in [6.07, 6.45) is 9.62. The number of allylic oxidation sites excluding steroid dienone is 3. The molecule has 1 saturated heterocycles. The molecule has 1 rings (SSSR count). The van der Waals surface area contributed by atoms with Gasteiger partial charge in [0.15, 0.2) is 0 Å². The lowest BCUT2D eigenvalue weighted by atomic mass is 10.0. The van der Waals surface area contributed by atoms with E-state index in [1.165, 1.54) is 11.1 Å². The topological polar surface area (TPSA) is 21.8 Å². The van der Waals surface area contributed by atoms with E-state index in [9.17, 15) is 0 Å². The molecule has 0 spiro atoms. The van der Waals surface area contributed by atoms with E-state index in [2.05, 4.69) is 39.8 Å². The van der Waals surface area contributed by atoms with Crippen LogP contribution < -0.4 is 0 Å². The molecule has 0 amide bonds. The molecular formula is C17H30O2. The van der Waals surface area contributed by atoms with Crippen LogP contribution in [0.4, 0.5) is 0 Å². The van der Waals surface area contributed by atoms with Crippen LogP contribution in [0.15, 0.2) is 23.3 Å². The quantitative estimate of drug-likeness (QED) is 0.344. The van der Waals surface area contributed by atoms with Crippen molar-refractivity contribution in [3.63, 3.8) is 0 Å². The van der Waals surface area contributed by atoms with Crippen molar-refractivity contribution in [2.24, 2.45) is 0 Å². The first-order valence-electron chi connectivity index (χ1n) is 7.52. The predicted molar refractivity (Wildman–Crippen MR) is 81.4 cm³/mol. The molecule has 110 valence electrons. The Morgan fingerprint density at radius 2 is 1.79 bits per heavy atom. The van der Waals surface area contributed by atoms with E-state index in [4.69, 9.17) is 9.47 Å². The van der Waals surface area contributed by atoms with Crippen molar-refractivity contribution < 1.29 is 9.47 Å². The van der Waals surface area contributed by atoms with Crippen LogP contribution in [-0.4, -0.2) is 24.9 Å². The van der Waals surface area contributed by atoms with Gasteiger partial charge in [-0.3, -0.25) is 0 Å². The van der Waals surface area contributed by atoms with E-state index in [1.54, 1.807) is 0 Å². The Kier molecular flexibility index (Phi) is 6.81. The number of epoxide rings is 1. The third kappa shape index (κ3) is 6.93. The van der Waals surface area contributed by atoms with Crippen LogP contribution in [0.2, 0.25) is 0 Å². The van der Waals surface area contributed by atoms with Crippen molar-refractivity contribution >= 4 is 0 Å². The number of hydrogen-bond donors (Lipinski definition) is 0. The molecule has 0 N–H and O–H groups in total. The van der Waals surface area contributed by atoms with Gasteiger partial charge in [0.05, 0.1) is 18.3 Å². The first kappa shape index (κ1) is 16.5. The molecule has 1 unspecified atom stereocenters. The summed E-state index contributed by atoms with van der Waals surface area (Å²) in [6, 6.07) is 0. The van der Waals surface area contributed by atoms with Crippen LogP contribution >= 0.6 is 0 Å². The van der Waals surface area contributed by atoms with Crippen LogP contribution in [0.1, 0.15) is 60.3 Å². The molecule has 1 aliphatic rings. The first-order chi connectivity index (χ1) is 8.95. The van der Waals surface area contributed by atoms with E-state index in [1.807, 2.05) is 6.92 Å². The molecule has 2 nitrogen and oxygen atoms in total. The maximum atomic E-state index is 5.60. The fraction of sp³-hybridized carbons (Fsp3) is 0.765. The summed E-state index contributed by atoms with van der Waals surface area (Å²) in [6.45, 7) is 12.3. The van der Waals surface area contributed by atoms with Crippen molar-refractivity contribution in [1.82, 2.24) is 0 Å². The maximum Gasteiger partial charge on any atom is 0.0892 e. The Morgan fingerprint density at radius 3 is 2.37 bits per heavy atom. The minimum absolute atomic E-state index is 0.138. The molecule has 0 aromatic carbocycles. The van der Waals surface area contributed by atoms with Gasteiger partial charge >= 0.3 is 0 Å². The Balaban J connectivity index is 2.12. The summed E-state index contributed by atoms with van der Waals surface area (Å²) < 4.78 is 10.9. The molecule has 2 heteroatoms. The Bertz CT molecular complexity index is 326. The van der Waals surface area contributed by atoms with Crippen molar-refractivity contribution in [3.8, 4) is 0 Å². The van der Waals surface area contributed by atoms with E-state index < -0.39 is 0 Å². The highest BCUT2D eigenvalue weighted by atomic mass is 16.6. The fourth-order valence-electron chi connectivity index (χ4n) is 2.17. The summed E-state index contributed by atoms with van der Waals surface area (Å²) in [7, 11) is 0. The Hall–Kier alpha value is -0.600. The van der Waals surface area contributed by atoms with Gasteiger partial charge in [0.25, 0.3) is 0 Å². The molecule has 0 saturated carbocycles. The molecule has 0 aromatic rings. The zero-order chi connectivity index (χ0) is 14.3. The summed E-state index contributed by atoms with van der Waals surface area (Å²) in [5.41, 5.74) is 3.05. The summed E-state index contributed by atoms with van der Waals surface area (Å²) in [4.78, 5) is 0. The lowest BCUT2D eigenvalue weighted by Gasteiger charge is -2.02. The maximum absolute atomic E-state index is 5.60. The fourth-order valence-corrected chi connectivity index (χ4v) is 2.17. The Labute approximate surface area is 118 Å². The minimum atomic E-state index is 0.138. The summed E-state index contributed by atoms with van der Waals surface area (Å²) in [5.74, 6) is 0. The second-order valence-corrected chi connectivity index (χ2v) is 6.05.